The van der Waals surface area contributed by atoms with Gasteiger partial charge in [-0.05, 0) is 125 Å². The maximum atomic E-state index is 11.5. The van der Waals surface area contributed by atoms with Crippen molar-refractivity contribution in [2.24, 2.45) is 0 Å². The number of benzene rings is 2. The van der Waals surface area contributed by atoms with Crippen molar-refractivity contribution in [1.82, 2.24) is 0 Å². The highest BCUT2D eigenvalue weighted by atomic mass is 16.8. The van der Waals surface area contributed by atoms with Crippen molar-refractivity contribution in [2.75, 3.05) is 24.3 Å². The lowest BCUT2D eigenvalue weighted by Crippen LogP contribution is -2.29. The molecule has 2 rings (SSSR count). The summed E-state index contributed by atoms with van der Waals surface area (Å²) in [6.07, 6.45) is -2.65. The van der Waals surface area contributed by atoms with Crippen LogP contribution in [0.5, 0.6) is 0 Å². The molecule has 0 aromatic heterocycles. The van der Waals surface area contributed by atoms with Crippen LogP contribution < -0.4 is 11.1 Å². The predicted molar refractivity (Wildman–Crippen MR) is 184 cm³/mol. The van der Waals surface area contributed by atoms with E-state index in [0.29, 0.717) is 42.6 Å². The number of nitrogens with two attached hydrogens (primary N) is 1. The summed E-state index contributed by atoms with van der Waals surface area (Å²) in [5.41, 5.74) is 5.69. The molecule has 0 radical (unpaired) electrons. The predicted octanol–water partition coefficient (Wildman–Crippen LogP) is 8.56. The van der Waals surface area contributed by atoms with Gasteiger partial charge < -0.3 is 34.2 Å². The van der Waals surface area contributed by atoms with Crippen molar-refractivity contribution in [3.8, 4) is 0 Å². The quantitative estimate of drug-likeness (QED) is 0.133. The number of esters is 2. The van der Waals surface area contributed by atoms with Gasteiger partial charge in [0, 0.05) is 12.7 Å². The smallest absolute Gasteiger partial charge is 0.462 e. The molecule has 0 aliphatic carbocycles. The van der Waals surface area contributed by atoms with E-state index in [9.17, 15) is 24.0 Å². The first-order valence-electron chi connectivity index (χ1n) is 15.9. The SMILES string of the molecule is CC(C)(C)OC(=O)OC(=O)OC(C)(C)C.CCOC(=O)c1ccc(N)cc1.CCOC(=O)c1ccc(NC(=O)OC(C)(C)C)cc1.[2H]CC. The third-order valence-electron chi connectivity index (χ3n) is 4.41. The van der Waals surface area contributed by atoms with Gasteiger partial charge in [0.1, 0.15) is 16.8 Å². The molecule has 48 heavy (non-hydrogen) atoms. The molecule has 13 heteroatoms. The number of rotatable bonds is 5. The number of nitrogens with one attached hydrogen (secondary N) is 1. The van der Waals surface area contributed by atoms with Crippen molar-refractivity contribution < 1.29 is 53.8 Å². The Morgan fingerprint density at radius 3 is 1.29 bits per heavy atom. The minimum Gasteiger partial charge on any atom is -0.462 e. The first-order chi connectivity index (χ1) is 22.5. The number of carbonyl (C=O) groups is 5. The third-order valence-corrected chi connectivity index (χ3v) is 4.41. The molecule has 0 bridgehead atoms. The molecule has 0 fully saturated rings. The molecule has 2 aromatic carbocycles. The number of ether oxygens (including phenoxy) is 6. The van der Waals surface area contributed by atoms with E-state index in [1.54, 1.807) is 132 Å². The summed E-state index contributed by atoms with van der Waals surface area (Å²) in [6, 6.07) is 13.1. The van der Waals surface area contributed by atoms with Crippen molar-refractivity contribution in [1.29, 1.82) is 0 Å². The summed E-state index contributed by atoms with van der Waals surface area (Å²) >= 11 is 0. The maximum absolute atomic E-state index is 11.5. The normalized spacial score (nSPS) is 10.7. The average Bonchev–Trinajstić information content (AvgIpc) is 2.92. The van der Waals surface area contributed by atoms with Crippen LogP contribution in [0, 0.1) is 0 Å². The third kappa shape index (κ3) is 24.4. The van der Waals surface area contributed by atoms with Gasteiger partial charge in [0.15, 0.2) is 0 Å². The Labute approximate surface area is 286 Å². The molecule has 1 amide bonds. The number of hydrogen-bond donors (Lipinski definition) is 2. The molecule has 0 aliphatic rings. The van der Waals surface area contributed by atoms with Crippen LogP contribution in [0.3, 0.4) is 0 Å². The van der Waals surface area contributed by atoms with E-state index in [0.717, 1.165) is 0 Å². The standard InChI is InChI=1S/C14H19NO4.C10H18O5.C9H11NO2.C2H6/c1-5-18-12(16)10-6-8-11(9-7-10)15-13(17)19-14(2,3)4;1-9(2,3)14-7(11)13-8(12)15-10(4,5)6;1-2-12-9(11)7-3-5-8(10)6-4-7;1-2/h6-9H,5H2,1-4H3,(H,15,17);1-6H3;3-6H,2,10H2,1H3;1-2H3/i;;;1D. The van der Waals surface area contributed by atoms with E-state index < -0.39 is 35.2 Å². The minimum atomic E-state index is -1.06. The number of amides is 1. The van der Waals surface area contributed by atoms with Crippen LogP contribution in [-0.4, -0.2) is 60.4 Å². The lowest BCUT2D eigenvalue weighted by molar-refractivity contribution is -0.0294. The molecule has 0 heterocycles. The lowest BCUT2D eigenvalue weighted by atomic mass is 10.2. The molecular formula is C35H54N2O11. The second kappa shape index (κ2) is 21.9. The number of anilines is 2. The van der Waals surface area contributed by atoms with Crippen LogP contribution in [-0.2, 0) is 28.4 Å². The zero-order chi connectivity index (χ0) is 38.4. The van der Waals surface area contributed by atoms with Gasteiger partial charge in [0.05, 0.1) is 24.3 Å². The Bertz CT molecular complexity index is 1270. The Morgan fingerprint density at radius 2 is 0.979 bits per heavy atom. The highest BCUT2D eigenvalue weighted by Crippen LogP contribution is 2.14. The van der Waals surface area contributed by atoms with E-state index in [1.807, 2.05) is 0 Å². The zero-order valence-corrected chi connectivity index (χ0v) is 30.3. The Morgan fingerprint density at radius 1 is 0.646 bits per heavy atom. The van der Waals surface area contributed by atoms with Crippen molar-refractivity contribution in [2.45, 2.75) is 107 Å². The highest BCUT2D eigenvalue weighted by molar-refractivity contribution is 5.91. The van der Waals surface area contributed by atoms with E-state index in [2.05, 4.69) is 10.1 Å². The molecule has 0 aliphatic heterocycles. The van der Waals surface area contributed by atoms with Gasteiger partial charge in [-0.3, -0.25) is 5.32 Å². The van der Waals surface area contributed by atoms with E-state index in [1.165, 1.54) is 0 Å². The zero-order valence-electron chi connectivity index (χ0n) is 31.3. The van der Waals surface area contributed by atoms with Crippen LogP contribution in [0.15, 0.2) is 48.5 Å². The largest absolute Gasteiger partial charge is 0.519 e. The Balaban J connectivity index is 0. The molecule has 0 atom stereocenters. The fraction of sp³-hybridized carbons (Fsp3) is 0.514. The van der Waals surface area contributed by atoms with Crippen LogP contribution in [0.2, 0.25) is 0 Å². The monoisotopic (exact) mass is 679 g/mol. The second-order valence-corrected chi connectivity index (χ2v) is 12.3. The number of hydrogen-bond acceptors (Lipinski definition) is 12. The number of carbonyl (C=O) groups excluding carboxylic acids is 5. The van der Waals surface area contributed by atoms with Gasteiger partial charge in [-0.25, -0.2) is 24.0 Å². The minimum absolute atomic E-state index is 0.308. The van der Waals surface area contributed by atoms with Crippen LogP contribution in [0.4, 0.5) is 25.8 Å². The summed E-state index contributed by atoms with van der Waals surface area (Å²) in [5, 5.41) is 2.58. The molecular weight excluding hydrogens is 624 g/mol. The van der Waals surface area contributed by atoms with Gasteiger partial charge in [0.2, 0.25) is 0 Å². The fourth-order valence-corrected chi connectivity index (χ4v) is 2.77. The van der Waals surface area contributed by atoms with E-state index in [-0.39, 0.29) is 11.9 Å². The Kier molecular flexibility index (Phi) is 19.7. The van der Waals surface area contributed by atoms with Crippen molar-refractivity contribution in [3.63, 3.8) is 0 Å². The van der Waals surface area contributed by atoms with Crippen molar-refractivity contribution in [3.05, 3.63) is 59.7 Å². The summed E-state index contributed by atoms with van der Waals surface area (Å²) in [6.45, 7) is 21.9. The summed E-state index contributed by atoms with van der Waals surface area (Å²) < 4.78 is 34.8. The lowest BCUT2D eigenvalue weighted by Gasteiger charge is -2.20. The van der Waals surface area contributed by atoms with E-state index in [4.69, 9.17) is 30.8 Å². The molecule has 13 nitrogen and oxygen atoms in total. The van der Waals surface area contributed by atoms with Gasteiger partial charge in [-0.15, -0.1) is 0 Å². The Hall–Kier alpha value is -4.81. The highest BCUT2D eigenvalue weighted by Gasteiger charge is 2.24. The topological polar surface area (TPSA) is 179 Å². The molecule has 3 N–H and O–H groups in total. The van der Waals surface area contributed by atoms with Gasteiger partial charge in [-0.1, -0.05) is 13.8 Å². The number of nitrogen functional groups attached to an aromatic ring is 1. The molecule has 0 unspecified atom stereocenters. The first kappa shape index (κ1) is 43.2. The maximum Gasteiger partial charge on any atom is 0.519 e. The molecule has 0 spiro atoms. The van der Waals surface area contributed by atoms with E-state index >= 15 is 0 Å². The molecule has 270 valence electrons. The van der Waals surface area contributed by atoms with Crippen LogP contribution in [0.25, 0.3) is 0 Å². The second-order valence-electron chi connectivity index (χ2n) is 12.3. The average molecular weight is 680 g/mol. The first-order valence-corrected chi connectivity index (χ1v) is 15.2. The summed E-state index contributed by atoms with van der Waals surface area (Å²) in [4.78, 5) is 56.1. The van der Waals surface area contributed by atoms with Crippen molar-refractivity contribution >= 4 is 41.7 Å². The summed E-state index contributed by atoms with van der Waals surface area (Å²) in [5.74, 6) is -0.691. The van der Waals surface area contributed by atoms with Gasteiger partial charge >= 0.3 is 30.3 Å². The van der Waals surface area contributed by atoms with Crippen LogP contribution >= 0.6 is 0 Å². The fourth-order valence-electron chi connectivity index (χ4n) is 2.77. The summed E-state index contributed by atoms with van der Waals surface area (Å²) in [7, 11) is 0. The van der Waals surface area contributed by atoms with Gasteiger partial charge in [-0.2, -0.15) is 0 Å². The molecule has 0 saturated heterocycles. The molecule has 0 saturated carbocycles. The van der Waals surface area contributed by atoms with Gasteiger partial charge in [0.25, 0.3) is 0 Å². The van der Waals surface area contributed by atoms with Crippen LogP contribution in [0.1, 0.15) is 112 Å². The molecule has 2 aromatic rings.